The quantitative estimate of drug-likeness (QED) is 0.292. The van der Waals surface area contributed by atoms with E-state index in [9.17, 15) is 18.0 Å². The second-order valence-electron chi connectivity index (χ2n) is 9.92. The van der Waals surface area contributed by atoms with E-state index in [0.29, 0.717) is 29.2 Å². The molecule has 0 fully saturated rings. The van der Waals surface area contributed by atoms with Crippen molar-refractivity contribution >= 4 is 39.1 Å². The van der Waals surface area contributed by atoms with Crippen molar-refractivity contribution < 1.29 is 18.0 Å². The average molecular weight is 584 g/mol. The molecule has 0 saturated heterocycles. The van der Waals surface area contributed by atoms with Gasteiger partial charge in [-0.05, 0) is 80.6 Å². The van der Waals surface area contributed by atoms with E-state index >= 15 is 0 Å². The van der Waals surface area contributed by atoms with Crippen LogP contribution in [-0.4, -0.2) is 44.3 Å². The highest BCUT2D eigenvalue weighted by Crippen LogP contribution is 2.27. The van der Waals surface area contributed by atoms with Gasteiger partial charge in [-0.3, -0.25) is 13.9 Å². The number of aryl methyl sites for hydroxylation is 3. The first kappa shape index (κ1) is 31.2. The second-order valence-corrected chi connectivity index (χ2v) is 12.2. The molecule has 0 spiro atoms. The van der Waals surface area contributed by atoms with Crippen LogP contribution in [0.2, 0.25) is 5.02 Å². The molecule has 1 N–H and O–H groups in total. The maximum atomic E-state index is 14.1. The number of carbonyl (C=O) groups excluding carboxylic acids is 2. The fourth-order valence-corrected chi connectivity index (χ4v) is 5.94. The molecule has 0 radical (unpaired) electrons. The van der Waals surface area contributed by atoms with Crippen molar-refractivity contribution in [2.24, 2.45) is 0 Å². The van der Waals surface area contributed by atoms with Gasteiger partial charge in [0.05, 0.1) is 10.6 Å². The Hall–Kier alpha value is -3.36. The van der Waals surface area contributed by atoms with E-state index in [0.717, 1.165) is 27.4 Å². The zero-order valence-electron chi connectivity index (χ0n) is 23.8. The molecule has 2 amide bonds. The largest absolute Gasteiger partial charge is 0.354 e. The van der Waals surface area contributed by atoms with Crippen molar-refractivity contribution in [3.8, 4) is 0 Å². The highest BCUT2D eigenvalue weighted by atomic mass is 35.5. The number of anilines is 1. The highest BCUT2D eigenvalue weighted by Gasteiger charge is 2.34. The number of sulfonamides is 1. The van der Waals surface area contributed by atoms with Gasteiger partial charge in [0, 0.05) is 18.1 Å². The number of hydrogen-bond donors (Lipinski definition) is 1. The minimum atomic E-state index is -4.12. The Kier molecular flexibility index (Phi) is 10.8. The minimum Gasteiger partial charge on any atom is -0.354 e. The van der Waals surface area contributed by atoms with Crippen molar-refractivity contribution in [1.29, 1.82) is 0 Å². The molecule has 1 atom stereocenters. The van der Waals surface area contributed by atoms with Gasteiger partial charge in [0.1, 0.15) is 12.6 Å². The molecule has 3 rings (SSSR count). The molecule has 0 saturated carbocycles. The number of halogens is 1. The van der Waals surface area contributed by atoms with Crippen LogP contribution in [0.1, 0.15) is 48.9 Å². The van der Waals surface area contributed by atoms with Crippen LogP contribution in [0.4, 0.5) is 5.69 Å². The molecule has 214 valence electrons. The van der Waals surface area contributed by atoms with E-state index in [4.69, 9.17) is 11.6 Å². The molecular formula is C31H38ClN3O4S. The lowest BCUT2D eigenvalue weighted by Gasteiger charge is -2.33. The van der Waals surface area contributed by atoms with Gasteiger partial charge < -0.3 is 10.2 Å². The summed E-state index contributed by atoms with van der Waals surface area (Å²) in [4.78, 5) is 28.8. The predicted octanol–water partition coefficient (Wildman–Crippen LogP) is 5.79. The van der Waals surface area contributed by atoms with Crippen LogP contribution in [0.3, 0.4) is 0 Å². The smallest absolute Gasteiger partial charge is 0.264 e. The van der Waals surface area contributed by atoms with Gasteiger partial charge in [-0.15, -0.1) is 0 Å². The van der Waals surface area contributed by atoms with E-state index in [1.54, 1.807) is 42.5 Å². The molecule has 0 aromatic heterocycles. The summed E-state index contributed by atoms with van der Waals surface area (Å²) in [6.07, 6.45) is 1.09. The monoisotopic (exact) mass is 583 g/mol. The van der Waals surface area contributed by atoms with Gasteiger partial charge in [0.2, 0.25) is 11.8 Å². The van der Waals surface area contributed by atoms with Gasteiger partial charge in [-0.2, -0.15) is 0 Å². The molecule has 0 heterocycles. The summed E-state index contributed by atoms with van der Waals surface area (Å²) in [5, 5.41) is 3.34. The number of nitrogens with zero attached hydrogens (tertiary/aromatic N) is 2. The number of carbonyl (C=O) groups is 2. The molecule has 0 aliphatic heterocycles. The van der Waals surface area contributed by atoms with Crippen molar-refractivity contribution in [1.82, 2.24) is 10.2 Å². The Morgan fingerprint density at radius 2 is 1.60 bits per heavy atom. The maximum Gasteiger partial charge on any atom is 0.264 e. The first-order valence-corrected chi connectivity index (χ1v) is 15.3. The third-order valence-electron chi connectivity index (χ3n) is 6.90. The van der Waals surface area contributed by atoms with Crippen LogP contribution in [0.15, 0.2) is 71.6 Å². The molecule has 1 unspecified atom stereocenters. The molecular weight excluding hydrogens is 546 g/mol. The molecule has 40 heavy (non-hydrogen) atoms. The standard InChI is InChI=1S/C31H38ClN3O4S/c1-6-18-33-31(37)29(7-2)34(20-25-10-8-9-11-28(25)32)30(36)21-35(26-15-14-23(4)24(5)19-26)40(38,39)27-16-12-22(3)13-17-27/h8-17,19,29H,6-7,18,20-21H2,1-5H3,(H,33,37). The summed E-state index contributed by atoms with van der Waals surface area (Å²) in [5.74, 6) is -0.795. The Bertz CT molecular complexity index is 1440. The van der Waals surface area contributed by atoms with Gasteiger partial charge in [-0.1, -0.05) is 67.4 Å². The van der Waals surface area contributed by atoms with Crippen molar-refractivity contribution in [3.63, 3.8) is 0 Å². The number of amides is 2. The molecule has 0 aliphatic carbocycles. The Morgan fingerprint density at radius 3 is 2.20 bits per heavy atom. The molecule has 0 aliphatic rings. The van der Waals surface area contributed by atoms with Gasteiger partial charge >= 0.3 is 0 Å². The fourth-order valence-electron chi connectivity index (χ4n) is 4.34. The Labute approximate surface area is 243 Å². The summed E-state index contributed by atoms with van der Waals surface area (Å²) in [7, 11) is -4.12. The fraction of sp³-hybridized carbons (Fsp3) is 0.355. The second kappa shape index (κ2) is 13.8. The van der Waals surface area contributed by atoms with Crippen LogP contribution >= 0.6 is 11.6 Å². The van der Waals surface area contributed by atoms with Crippen LogP contribution in [-0.2, 0) is 26.2 Å². The van der Waals surface area contributed by atoms with Gasteiger partial charge in [0.25, 0.3) is 10.0 Å². The summed E-state index contributed by atoms with van der Waals surface area (Å²) >= 11 is 6.44. The van der Waals surface area contributed by atoms with Crippen LogP contribution in [0, 0.1) is 20.8 Å². The molecule has 9 heteroatoms. The van der Waals surface area contributed by atoms with Crippen molar-refractivity contribution in [2.75, 3.05) is 17.4 Å². The van der Waals surface area contributed by atoms with E-state index in [1.807, 2.05) is 46.8 Å². The number of benzene rings is 3. The first-order valence-electron chi connectivity index (χ1n) is 13.5. The lowest BCUT2D eigenvalue weighted by molar-refractivity contribution is -0.140. The van der Waals surface area contributed by atoms with E-state index in [-0.39, 0.29) is 17.3 Å². The number of nitrogens with one attached hydrogen (secondary N) is 1. The van der Waals surface area contributed by atoms with Crippen molar-refractivity contribution in [3.05, 3.63) is 94.0 Å². The molecule has 3 aromatic rings. The van der Waals surface area contributed by atoms with Gasteiger partial charge in [0.15, 0.2) is 0 Å². The van der Waals surface area contributed by atoms with E-state index in [2.05, 4.69) is 5.32 Å². The lowest BCUT2D eigenvalue weighted by atomic mass is 10.1. The summed E-state index contributed by atoms with van der Waals surface area (Å²) in [6, 6.07) is 18.1. The van der Waals surface area contributed by atoms with E-state index in [1.165, 1.54) is 17.0 Å². The lowest BCUT2D eigenvalue weighted by Crippen LogP contribution is -2.52. The van der Waals surface area contributed by atoms with E-state index < -0.39 is 28.5 Å². The van der Waals surface area contributed by atoms with Crippen molar-refractivity contribution in [2.45, 2.75) is 64.9 Å². The average Bonchev–Trinajstić information content (AvgIpc) is 2.93. The SMILES string of the molecule is CCCNC(=O)C(CC)N(Cc1ccccc1Cl)C(=O)CN(c1ccc(C)c(C)c1)S(=O)(=O)c1ccc(C)cc1. The normalized spacial score (nSPS) is 12.1. The highest BCUT2D eigenvalue weighted by molar-refractivity contribution is 7.92. The van der Waals surface area contributed by atoms with Crippen LogP contribution in [0.25, 0.3) is 0 Å². The zero-order chi connectivity index (χ0) is 29.4. The number of hydrogen-bond acceptors (Lipinski definition) is 4. The molecule has 0 bridgehead atoms. The third-order valence-corrected chi connectivity index (χ3v) is 9.06. The number of rotatable bonds is 12. The Balaban J connectivity index is 2.09. The summed E-state index contributed by atoms with van der Waals surface area (Å²) in [6.45, 7) is 9.53. The van der Waals surface area contributed by atoms with Gasteiger partial charge in [-0.25, -0.2) is 8.42 Å². The Morgan fingerprint density at radius 1 is 0.925 bits per heavy atom. The maximum absolute atomic E-state index is 14.1. The predicted molar refractivity (Wildman–Crippen MR) is 161 cm³/mol. The zero-order valence-corrected chi connectivity index (χ0v) is 25.3. The molecule has 7 nitrogen and oxygen atoms in total. The summed E-state index contributed by atoms with van der Waals surface area (Å²) < 4.78 is 29.1. The minimum absolute atomic E-state index is 0.0574. The summed E-state index contributed by atoms with van der Waals surface area (Å²) in [5.41, 5.74) is 3.85. The first-order chi connectivity index (χ1) is 19.0. The molecule has 3 aromatic carbocycles. The van der Waals surface area contributed by atoms with Crippen LogP contribution in [0.5, 0.6) is 0 Å². The third kappa shape index (κ3) is 7.43. The topological polar surface area (TPSA) is 86.8 Å². The van der Waals surface area contributed by atoms with Crippen LogP contribution < -0.4 is 9.62 Å².